The van der Waals surface area contributed by atoms with Crippen molar-refractivity contribution in [3.05, 3.63) is 82.9 Å². The Balaban J connectivity index is 1.41. The van der Waals surface area contributed by atoms with Crippen molar-refractivity contribution in [3.8, 4) is 11.1 Å². The monoisotopic (exact) mass is 499 g/mol. The fourth-order valence-electron chi connectivity index (χ4n) is 4.87. The number of carboxylic acids is 1. The number of aryl methyl sites for hydroxylation is 2. The highest BCUT2D eigenvalue weighted by molar-refractivity contribution is 5.99. The zero-order chi connectivity index (χ0) is 26.7. The van der Waals surface area contributed by atoms with E-state index in [9.17, 15) is 19.5 Å². The minimum atomic E-state index is -0.932. The lowest BCUT2D eigenvalue weighted by Crippen LogP contribution is -2.45. The largest absolute Gasteiger partial charge is 0.478 e. The maximum atomic E-state index is 13.1. The first-order valence-electron chi connectivity index (χ1n) is 12.6. The summed E-state index contributed by atoms with van der Waals surface area (Å²) in [6.45, 7) is 8.35. The van der Waals surface area contributed by atoms with Gasteiger partial charge >= 0.3 is 12.0 Å². The summed E-state index contributed by atoms with van der Waals surface area (Å²) in [6, 6.07) is 18.1. The summed E-state index contributed by atoms with van der Waals surface area (Å²) >= 11 is 0. The Labute approximate surface area is 217 Å². The van der Waals surface area contributed by atoms with Crippen molar-refractivity contribution in [1.82, 2.24) is 4.90 Å². The lowest BCUT2D eigenvalue weighted by molar-refractivity contribution is -0.119. The van der Waals surface area contributed by atoms with Crippen LogP contribution in [0.5, 0.6) is 0 Å². The van der Waals surface area contributed by atoms with Crippen LogP contribution in [0.4, 0.5) is 16.2 Å². The lowest BCUT2D eigenvalue weighted by atomic mass is 9.95. The number of carbonyl (C=O) groups is 3. The van der Waals surface area contributed by atoms with Gasteiger partial charge in [-0.1, -0.05) is 50.2 Å². The minimum Gasteiger partial charge on any atom is -0.478 e. The molecule has 1 saturated heterocycles. The number of likely N-dealkylation sites (tertiary alicyclic amines) is 1. The Morgan fingerprint density at radius 3 is 2.00 bits per heavy atom. The molecule has 0 aliphatic carbocycles. The van der Waals surface area contributed by atoms with Crippen LogP contribution in [0.1, 0.15) is 59.7 Å². The van der Waals surface area contributed by atoms with E-state index in [0.29, 0.717) is 46.9 Å². The summed E-state index contributed by atoms with van der Waals surface area (Å²) in [5, 5.41) is 15.3. The summed E-state index contributed by atoms with van der Waals surface area (Å²) in [4.78, 5) is 39.0. The van der Waals surface area contributed by atoms with Crippen molar-refractivity contribution in [2.75, 3.05) is 17.2 Å². The maximum Gasteiger partial charge on any atom is 0.336 e. The molecular weight excluding hydrogens is 466 g/mol. The second kappa shape index (κ2) is 10.9. The SMILES string of the molecule is Cc1cc(-c2ccc(NC(=O)[C@H]3CCCN3C(=O)Nc3ccc(C(C)C)cc3)cc2)cc(C)c1C(=O)O. The van der Waals surface area contributed by atoms with Gasteiger partial charge in [0, 0.05) is 17.9 Å². The van der Waals surface area contributed by atoms with E-state index in [2.05, 4.69) is 24.5 Å². The molecule has 7 heteroatoms. The molecule has 0 spiro atoms. The van der Waals surface area contributed by atoms with Crippen molar-refractivity contribution in [2.45, 2.75) is 52.5 Å². The molecule has 0 bridgehead atoms. The Morgan fingerprint density at radius 1 is 0.865 bits per heavy atom. The van der Waals surface area contributed by atoms with Crippen molar-refractivity contribution < 1.29 is 19.5 Å². The molecule has 3 aromatic rings. The predicted octanol–water partition coefficient (Wildman–Crippen LogP) is 6.43. The Morgan fingerprint density at radius 2 is 1.43 bits per heavy atom. The third kappa shape index (κ3) is 5.82. The van der Waals surface area contributed by atoms with Gasteiger partial charge in [0.2, 0.25) is 5.91 Å². The van der Waals surface area contributed by atoms with Crippen LogP contribution in [0.3, 0.4) is 0 Å². The number of hydrogen-bond acceptors (Lipinski definition) is 3. The number of amides is 3. The first kappa shape index (κ1) is 25.9. The summed E-state index contributed by atoms with van der Waals surface area (Å²) in [5.74, 6) is -0.734. The lowest BCUT2D eigenvalue weighted by Gasteiger charge is -2.24. The number of aromatic carboxylic acids is 1. The van der Waals surface area contributed by atoms with E-state index in [1.165, 1.54) is 5.56 Å². The zero-order valence-corrected chi connectivity index (χ0v) is 21.7. The molecule has 0 radical (unpaired) electrons. The standard InChI is InChI=1S/C30H33N3O4/c1-18(2)21-7-11-25(12-8-21)32-30(37)33-15-5-6-26(33)28(34)31-24-13-9-22(10-14-24)23-16-19(3)27(29(35)36)20(4)17-23/h7-14,16-18,26H,5-6,15H2,1-4H3,(H,31,34)(H,32,37)(H,35,36)/t26-/m1/s1. The topological polar surface area (TPSA) is 98.7 Å². The van der Waals surface area contributed by atoms with E-state index >= 15 is 0 Å². The van der Waals surface area contributed by atoms with Gasteiger partial charge in [0.15, 0.2) is 0 Å². The number of nitrogens with one attached hydrogen (secondary N) is 2. The van der Waals surface area contributed by atoms with Crippen LogP contribution in [0.15, 0.2) is 60.7 Å². The van der Waals surface area contributed by atoms with Crippen molar-refractivity contribution in [1.29, 1.82) is 0 Å². The molecule has 1 heterocycles. The highest BCUT2D eigenvalue weighted by Gasteiger charge is 2.34. The van der Waals surface area contributed by atoms with Crippen LogP contribution in [0.2, 0.25) is 0 Å². The van der Waals surface area contributed by atoms with E-state index in [1.807, 2.05) is 60.7 Å². The summed E-state index contributed by atoms with van der Waals surface area (Å²) in [7, 11) is 0. The van der Waals surface area contributed by atoms with Gasteiger partial charge in [-0.05, 0) is 84.7 Å². The molecule has 1 atom stereocenters. The molecule has 7 nitrogen and oxygen atoms in total. The van der Waals surface area contributed by atoms with Crippen LogP contribution in [0, 0.1) is 13.8 Å². The molecule has 3 aromatic carbocycles. The van der Waals surface area contributed by atoms with Gasteiger partial charge in [-0.15, -0.1) is 0 Å². The fourth-order valence-corrected chi connectivity index (χ4v) is 4.87. The zero-order valence-electron chi connectivity index (χ0n) is 21.7. The molecule has 192 valence electrons. The highest BCUT2D eigenvalue weighted by Crippen LogP contribution is 2.27. The second-order valence-electron chi connectivity index (χ2n) is 9.92. The smallest absolute Gasteiger partial charge is 0.336 e. The molecule has 1 aliphatic heterocycles. The highest BCUT2D eigenvalue weighted by atomic mass is 16.4. The maximum absolute atomic E-state index is 13.1. The van der Waals surface area contributed by atoms with E-state index in [4.69, 9.17) is 0 Å². The minimum absolute atomic E-state index is 0.215. The third-order valence-corrected chi connectivity index (χ3v) is 6.88. The normalized spacial score (nSPS) is 15.1. The Kier molecular flexibility index (Phi) is 7.62. The number of rotatable bonds is 6. The average molecular weight is 500 g/mol. The molecule has 0 unspecified atom stereocenters. The summed E-state index contributed by atoms with van der Waals surface area (Å²) in [5.41, 5.74) is 6.12. The molecular formula is C30H33N3O4. The molecule has 3 amide bonds. The Hall–Kier alpha value is -4.13. The van der Waals surface area contributed by atoms with Crippen molar-refractivity contribution in [2.24, 2.45) is 0 Å². The number of urea groups is 1. The van der Waals surface area contributed by atoms with Gasteiger partial charge < -0.3 is 20.6 Å². The van der Waals surface area contributed by atoms with Crippen LogP contribution >= 0.6 is 0 Å². The average Bonchev–Trinajstić information content (AvgIpc) is 3.34. The van der Waals surface area contributed by atoms with E-state index in [-0.39, 0.29) is 11.9 Å². The third-order valence-electron chi connectivity index (χ3n) is 6.88. The van der Waals surface area contributed by atoms with Crippen LogP contribution in [-0.2, 0) is 4.79 Å². The first-order valence-corrected chi connectivity index (χ1v) is 12.6. The number of nitrogens with zero attached hydrogens (tertiary/aromatic N) is 1. The molecule has 1 aliphatic rings. The number of benzene rings is 3. The van der Waals surface area contributed by atoms with Gasteiger partial charge in [0.05, 0.1) is 5.56 Å². The number of carboxylic acid groups (broad SMARTS) is 1. The summed E-state index contributed by atoms with van der Waals surface area (Å²) < 4.78 is 0. The van der Waals surface area contributed by atoms with Crippen molar-refractivity contribution in [3.63, 3.8) is 0 Å². The number of carbonyl (C=O) groups excluding carboxylic acids is 2. The Bertz CT molecular complexity index is 1290. The summed E-state index contributed by atoms with van der Waals surface area (Å²) in [6.07, 6.45) is 1.37. The quantitative estimate of drug-likeness (QED) is 0.364. The van der Waals surface area contributed by atoms with Gasteiger partial charge in [-0.2, -0.15) is 0 Å². The van der Waals surface area contributed by atoms with Crippen LogP contribution < -0.4 is 10.6 Å². The molecule has 0 aromatic heterocycles. The van der Waals surface area contributed by atoms with E-state index < -0.39 is 12.0 Å². The van der Waals surface area contributed by atoms with Gasteiger partial charge in [0.1, 0.15) is 6.04 Å². The predicted molar refractivity (Wildman–Crippen MR) is 146 cm³/mol. The molecule has 0 saturated carbocycles. The fraction of sp³-hybridized carbons (Fsp3) is 0.300. The molecule has 3 N–H and O–H groups in total. The molecule has 37 heavy (non-hydrogen) atoms. The van der Waals surface area contributed by atoms with Crippen LogP contribution in [0.25, 0.3) is 11.1 Å². The van der Waals surface area contributed by atoms with Gasteiger partial charge in [0.25, 0.3) is 0 Å². The molecule has 1 fully saturated rings. The van der Waals surface area contributed by atoms with E-state index in [0.717, 1.165) is 17.5 Å². The number of anilines is 2. The number of hydrogen-bond donors (Lipinski definition) is 3. The van der Waals surface area contributed by atoms with Crippen LogP contribution in [-0.4, -0.2) is 40.5 Å². The second-order valence-corrected chi connectivity index (χ2v) is 9.92. The van der Waals surface area contributed by atoms with E-state index in [1.54, 1.807) is 18.7 Å². The van der Waals surface area contributed by atoms with Gasteiger partial charge in [-0.3, -0.25) is 4.79 Å². The first-order chi connectivity index (χ1) is 17.6. The van der Waals surface area contributed by atoms with Gasteiger partial charge in [-0.25, -0.2) is 9.59 Å². The van der Waals surface area contributed by atoms with Crippen molar-refractivity contribution >= 4 is 29.3 Å². The molecule has 4 rings (SSSR count).